The fourth-order valence-corrected chi connectivity index (χ4v) is 2.08. The van der Waals surface area contributed by atoms with Gasteiger partial charge in [0.2, 0.25) is 0 Å². The Labute approximate surface area is 113 Å². The first-order valence-electron chi connectivity index (χ1n) is 5.95. The van der Waals surface area contributed by atoms with Gasteiger partial charge in [-0.1, -0.05) is 12.1 Å². The second-order valence-electron chi connectivity index (χ2n) is 4.23. The number of hydrogen-bond donors (Lipinski definition) is 2. The summed E-state index contributed by atoms with van der Waals surface area (Å²) in [7, 11) is 1.78. The first kappa shape index (κ1) is 12.1. The van der Waals surface area contributed by atoms with E-state index >= 15 is 0 Å². The second-order valence-corrected chi connectivity index (χ2v) is 4.23. The second kappa shape index (κ2) is 4.61. The molecule has 100 valence electrons. The molecule has 7 heteroatoms. The van der Waals surface area contributed by atoms with Gasteiger partial charge in [-0.05, 0) is 6.07 Å². The molecular formula is C13H11N5O2. The molecule has 2 aromatic heterocycles. The lowest BCUT2D eigenvalue weighted by atomic mass is 10.1. The van der Waals surface area contributed by atoms with Crippen molar-refractivity contribution in [2.45, 2.75) is 0 Å². The van der Waals surface area contributed by atoms with Crippen molar-refractivity contribution in [3.05, 3.63) is 46.8 Å². The third-order valence-corrected chi connectivity index (χ3v) is 3.03. The zero-order chi connectivity index (χ0) is 14.1. The van der Waals surface area contributed by atoms with Gasteiger partial charge in [-0.2, -0.15) is 0 Å². The van der Waals surface area contributed by atoms with Gasteiger partial charge in [0.05, 0.1) is 10.3 Å². The molecule has 0 atom stereocenters. The number of nitrogens with one attached hydrogen (secondary N) is 2. The van der Waals surface area contributed by atoms with Crippen LogP contribution in [0.1, 0.15) is 0 Å². The lowest BCUT2D eigenvalue weighted by molar-refractivity contribution is -0.384. The van der Waals surface area contributed by atoms with Crippen LogP contribution in [-0.2, 0) is 0 Å². The molecule has 20 heavy (non-hydrogen) atoms. The Morgan fingerprint density at radius 1 is 1.30 bits per heavy atom. The van der Waals surface area contributed by atoms with Gasteiger partial charge in [0.15, 0.2) is 0 Å². The van der Waals surface area contributed by atoms with Crippen LogP contribution in [0.2, 0.25) is 0 Å². The Hall–Kier alpha value is -2.96. The fraction of sp³-hybridized carbons (Fsp3) is 0.0769. The normalized spacial score (nSPS) is 10.7. The predicted octanol–water partition coefficient (Wildman–Crippen LogP) is 2.57. The molecule has 0 saturated heterocycles. The van der Waals surface area contributed by atoms with E-state index in [2.05, 4.69) is 20.3 Å². The number of nitro benzene ring substituents is 1. The minimum Gasteiger partial charge on any atom is -0.372 e. The van der Waals surface area contributed by atoms with Gasteiger partial charge in [0.1, 0.15) is 17.8 Å². The van der Waals surface area contributed by atoms with Gasteiger partial charge in [0.25, 0.3) is 5.69 Å². The summed E-state index contributed by atoms with van der Waals surface area (Å²) < 4.78 is 0. The third-order valence-electron chi connectivity index (χ3n) is 3.03. The van der Waals surface area contributed by atoms with E-state index in [9.17, 15) is 10.1 Å². The van der Waals surface area contributed by atoms with Crippen LogP contribution in [0, 0.1) is 10.1 Å². The summed E-state index contributed by atoms with van der Waals surface area (Å²) >= 11 is 0. The Bertz CT molecular complexity index is 796. The van der Waals surface area contributed by atoms with E-state index in [1.54, 1.807) is 13.1 Å². The quantitative estimate of drug-likeness (QED) is 0.562. The molecule has 0 fully saturated rings. The molecule has 0 amide bonds. The van der Waals surface area contributed by atoms with Crippen molar-refractivity contribution >= 4 is 22.5 Å². The molecule has 0 bridgehead atoms. The van der Waals surface area contributed by atoms with Gasteiger partial charge >= 0.3 is 0 Å². The van der Waals surface area contributed by atoms with Gasteiger partial charge in [-0.25, -0.2) is 9.97 Å². The minimum atomic E-state index is -0.412. The summed E-state index contributed by atoms with van der Waals surface area (Å²) in [6.07, 6.45) is 1.46. The number of anilines is 1. The van der Waals surface area contributed by atoms with Crippen LogP contribution >= 0.6 is 0 Å². The minimum absolute atomic E-state index is 0.0566. The number of nitrogens with zero attached hydrogens (tertiary/aromatic N) is 3. The molecule has 0 spiro atoms. The maximum Gasteiger partial charge on any atom is 0.270 e. The van der Waals surface area contributed by atoms with Crippen molar-refractivity contribution in [3.63, 3.8) is 0 Å². The SMILES string of the molecule is CNc1ncnc2[nH]c(-c3cccc([N+](=O)[O-])c3)cc12. The van der Waals surface area contributed by atoms with Crippen molar-refractivity contribution in [2.24, 2.45) is 0 Å². The van der Waals surface area contributed by atoms with Crippen LogP contribution in [0.15, 0.2) is 36.7 Å². The zero-order valence-electron chi connectivity index (χ0n) is 10.6. The summed E-state index contributed by atoms with van der Waals surface area (Å²) in [5.41, 5.74) is 2.24. The van der Waals surface area contributed by atoms with Crippen molar-refractivity contribution < 1.29 is 4.92 Å². The zero-order valence-corrected chi connectivity index (χ0v) is 10.6. The number of aromatic amines is 1. The largest absolute Gasteiger partial charge is 0.372 e. The van der Waals surface area contributed by atoms with Crippen molar-refractivity contribution in [1.82, 2.24) is 15.0 Å². The number of nitro groups is 1. The van der Waals surface area contributed by atoms with Crippen LogP contribution in [0.3, 0.4) is 0 Å². The standard InChI is InChI=1S/C13H11N5O2/c1-14-12-10-6-11(17-13(10)16-7-15-12)8-3-2-4-9(5-8)18(19)20/h2-7H,1H3,(H2,14,15,16,17). The van der Waals surface area contributed by atoms with E-state index in [0.717, 1.165) is 16.6 Å². The smallest absolute Gasteiger partial charge is 0.270 e. The highest BCUT2D eigenvalue weighted by atomic mass is 16.6. The molecule has 3 rings (SSSR count). The van der Waals surface area contributed by atoms with Gasteiger partial charge in [-0.3, -0.25) is 10.1 Å². The number of fused-ring (bicyclic) bond motifs is 1. The molecule has 7 nitrogen and oxygen atoms in total. The molecule has 0 saturated carbocycles. The predicted molar refractivity (Wildman–Crippen MR) is 75.5 cm³/mol. The van der Waals surface area contributed by atoms with Crippen molar-refractivity contribution in [3.8, 4) is 11.3 Å². The summed E-state index contributed by atoms with van der Waals surface area (Å²) in [5, 5.41) is 14.6. The van der Waals surface area contributed by atoms with Crippen LogP contribution in [-0.4, -0.2) is 26.9 Å². The van der Waals surface area contributed by atoms with E-state index in [4.69, 9.17) is 0 Å². The summed E-state index contributed by atoms with van der Waals surface area (Å²) in [4.78, 5) is 21.8. The molecule has 3 aromatic rings. The Morgan fingerprint density at radius 3 is 2.90 bits per heavy atom. The maximum absolute atomic E-state index is 10.8. The Balaban J connectivity index is 2.15. The van der Waals surface area contributed by atoms with E-state index in [-0.39, 0.29) is 5.69 Å². The van der Waals surface area contributed by atoms with Crippen LogP contribution in [0.4, 0.5) is 11.5 Å². The molecule has 2 N–H and O–H groups in total. The van der Waals surface area contributed by atoms with Crippen LogP contribution in [0.5, 0.6) is 0 Å². The van der Waals surface area contributed by atoms with Crippen LogP contribution in [0.25, 0.3) is 22.3 Å². The average molecular weight is 269 g/mol. The summed E-state index contributed by atoms with van der Waals surface area (Å²) in [5.74, 6) is 0.711. The van der Waals surface area contributed by atoms with Gasteiger partial charge in [-0.15, -0.1) is 0 Å². The van der Waals surface area contributed by atoms with Crippen LogP contribution < -0.4 is 5.32 Å². The first-order valence-corrected chi connectivity index (χ1v) is 5.95. The molecule has 0 unspecified atom stereocenters. The highest BCUT2D eigenvalue weighted by Gasteiger charge is 2.11. The Morgan fingerprint density at radius 2 is 2.15 bits per heavy atom. The fourth-order valence-electron chi connectivity index (χ4n) is 2.08. The molecule has 0 aliphatic rings. The van der Waals surface area contributed by atoms with Gasteiger partial charge in [0, 0.05) is 30.4 Å². The van der Waals surface area contributed by atoms with Gasteiger partial charge < -0.3 is 10.3 Å². The molecule has 0 radical (unpaired) electrons. The van der Waals surface area contributed by atoms with Crippen molar-refractivity contribution in [2.75, 3.05) is 12.4 Å². The Kier molecular flexibility index (Phi) is 2.79. The molecule has 0 aliphatic heterocycles. The third kappa shape index (κ3) is 1.95. The number of hydrogen-bond acceptors (Lipinski definition) is 5. The van der Waals surface area contributed by atoms with Crippen molar-refractivity contribution in [1.29, 1.82) is 0 Å². The first-order chi connectivity index (χ1) is 9.69. The monoisotopic (exact) mass is 269 g/mol. The summed E-state index contributed by atoms with van der Waals surface area (Å²) in [6, 6.07) is 8.33. The van der Waals surface area contributed by atoms with E-state index < -0.39 is 4.92 Å². The highest BCUT2D eigenvalue weighted by Crippen LogP contribution is 2.28. The maximum atomic E-state index is 10.8. The number of rotatable bonds is 3. The molecule has 1 aromatic carbocycles. The number of aromatic nitrogens is 3. The number of benzene rings is 1. The number of non-ortho nitro benzene ring substituents is 1. The summed E-state index contributed by atoms with van der Waals surface area (Å²) in [6.45, 7) is 0. The highest BCUT2D eigenvalue weighted by molar-refractivity contribution is 5.91. The van der Waals surface area contributed by atoms with E-state index in [1.807, 2.05) is 12.1 Å². The molecular weight excluding hydrogens is 258 g/mol. The van der Waals surface area contributed by atoms with E-state index in [1.165, 1.54) is 18.5 Å². The molecule has 2 heterocycles. The lowest BCUT2D eigenvalue weighted by Crippen LogP contribution is -1.92. The molecule has 0 aliphatic carbocycles. The number of H-pyrrole nitrogens is 1. The topological polar surface area (TPSA) is 96.7 Å². The lowest BCUT2D eigenvalue weighted by Gasteiger charge is -1.97. The van der Waals surface area contributed by atoms with E-state index in [0.29, 0.717) is 11.5 Å². The average Bonchev–Trinajstić information content (AvgIpc) is 2.91.